The lowest BCUT2D eigenvalue weighted by Gasteiger charge is -2.30. The SMILES string of the molecule is CCCN(CCCCN1CCCCC1=O)C(C)Cc1ccc2[nH]ccc2c1. The Kier molecular flexibility index (Phi) is 7.33. The number of carbonyl (C=O) groups excluding carboxylic acids is 1. The molecule has 148 valence electrons. The molecule has 1 aromatic heterocycles. The minimum Gasteiger partial charge on any atom is -0.361 e. The van der Waals surface area contributed by atoms with E-state index in [9.17, 15) is 4.79 Å². The molecule has 1 N–H and O–H groups in total. The molecule has 0 bridgehead atoms. The minimum absolute atomic E-state index is 0.361. The van der Waals surface area contributed by atoms with Gasteiger partial charge in [-0.05, 0) is 87.7 Å². The monoisotopic (exact) mass is 369 g/mol. The van der Waals surface area contributed by atoms with Gasteiger partial charge in [-0.2, -0.15) is 0 Å². The standard InChI is InChI=1S/C23H35N3O/c1-3-13-25(14-6-7-16-26-15-5-4-8-23(26)27)19(2)17-20-9-10-22-21(18-20)11-12-24-22/h9-12,18-19,24H,3-8,13-17H2,1-2H3. The first-order valence-electron chi connectivity index (χ1n) is 10.7. The number of fused-ring (bicyclic) bond motifs is 1. The van der Waals surface area contributed by atoms with Crippen LogP contribution in [0, 0.1) is 0 Å². The third-order valence-corrected chi connectivity index (χ3v) is 5.83. The first-order valence-corrected chi connectivity index (χ1v) is 10.7. The molecule has 4 heteroatoms. The van der Waals surface area contributed by atoms with Crippen LogP contribution in [0.5, 0.6) is 0 Å². The number of amides is 1. The van der Waals surface area contributed by atoms with Gasteiger partial charge in [0, 0.05) is 37.3 Å². The average Bonchev–Trinajstić information content (AvgIpc) is 3.13. The van der Waals surface area contributed by atoms with Crippen molar-refractivity contribution in [2.24, 2.45) is 0 Å². The molecule has 1 atom stereocenters. The summed E-state index contributed by atoms with van der Waals surface area (Å²) in [5.41, 5.74) is 2.62. The van der Waals surface area contributed by atoms with Crippen molar-refractivity contribution in [3.8, 4) is 0 Å². The number of carbonyl (C=O) groups is 1. The highest BCUT2D eigenvalue weighted by Crippen LogP contribution is 2.18. The summed E-state index contributed by atoms with van der Waals surface area (Å²) in [6.45, 7) is 8.80. The lowest BCUT2D eigenvalue weighted by atomic mass is 10.0. The summed E-state index contributed by atoms with van der Waals surface area (Å²) in [5.74, 6) is 0.361. The summed E-state index contributed by atoms with van der Waals surface area (Å²) in [6.07, 6.45) is 9.58. The van der Waals surface area contributed by atoms with Crippen molar-refractivity contribution in [2.45, 2.75) is 64.8 Å². The lowest BCUT2D eigenvalue weighted by molar-refractivity contribution is -0.133. The number of hydrogen-bond donors (Lipinski definition) is 1. The van der Waals surface area contributed by atoms with Crippen LogP contribution in [0.2, 0.25) is 0 Å². The van der Waals surface area contributed by atoms with Crippen LogP contribution in [0.3, 0.4) is 0 Å². The summed E-state index contributed by atoms with van der Waals surface area (Å²) in [5, 5.41) is 1.30. The van der Waals surface area contributed by atoms with Crippen molar-refractivity contribution >= 4 is 16.8 Å². The first kappa shape index (κ1) is 19.9. The molecule has 1 unspecified atom stereocenters. The fourth-order valence-electron chi connectivity index (χ4n) is 4.26. The second-order valence-corrected chi connectivity index (χ2v) is 8.03. The molecule has 2 aromatic rings. The third kappa shape index (κ3) is 5.58. The van der Waals surface area contributed by atoms with Crippen LogP contribution in [0.4, 0.5) is 0 Å². The number of nitrogens with zero attached hydrogens (tertiary/aromatic N) is 2. The van der Waals surface area contributed by atoms with Crippen LogP contribution >= 0.6 is 0 Å². The van der Waals surface area contributed by atoms with Gasteiger partial charge in [0.05, 0.1) is 0 Å². The molecular weight excluding hydrogens is 334 g/mol. The Morgan fingerprint density at radius 1 is 1.19 bits per heavy atom. The van der Waals surface area contributed by atoms with Gasteiger partial charge in [-0.25, -0.2) is 0 Å². The normalized spacial score (nSPS) is 16.4. The highest BCUT2D eigenvalue weighted by Gasteiger charge is 2.18. The number of unbranched alkanes of at least 4 members (excludes halogenated alkanes) is 1. The maximum absolute atomic E-state index is 11.9. The van der Waals surface area contributed by atoms with Crippen LogP contribution in [0.1, 0.15) is 57.9 Å². The number of aromatic nitrogens is 1. The van der Waals surface area contributed by atoms with E-state index in [0.29, 0.717) is 11.9 Å². The molecule has 0 spiro atoms. The summed E-state index contributed by atoms with van der Waals surface area (Å²) < 4.78 is 0. The zero-order chi connectivity index (χ0) is 19.1. The minimum atomic E-state index is 0.361. The molecule has 1 fully saturated rings. The predicted octanol–water partition coefficient (Wildman–Crippen LogP) is 4.60. The zero-order valence-corrected chi connectivity index (χ0v) is 17.0. The first-order chi connectivity index (χ1) is 13.2. The maximum atomic E-state index is 11.9. The lowest BCUT2D eigenvalue weighted by Crippen LogP contribution is -2.38. The highest BCUT2D eigenvalue weighted by atomic mass is 16.2. The van der Waals surface area contributed by atoms with Gasteiger partial charge in [0.1, 0.15) is 0 Å². The van der Waals surface area contributed by atoms with Crippen molar-refractivity contribution in [1.82, 2.24) is 14.8 Å². The summed E-state index contributed by atoms with van der Waals surface area (Å²) in [7, 11) is 0. The Bertz CT molecular complexity index is 723. The van der Waals surface area contributed by atoms with Crippen molar-refractivity contribution in [2.75, 3.05) is 26.2 Å². The molecular formula is C23H35N3O. The number of hydrogen-bond acceptors (Lipinski definition) is 2. The van der Waals surface area contributed by atoms with E-state index in [-0.39, 0.29) is 0 Å². The van der Waals surface area contributed by atoms with E-state index < -0.39 is 0 Å². The molecule has 0 radical (unpaired) electrons. The molecule has 1 saturated heterocycles. The van der Waals surface area contributed by atoms with Gasteiger partial charge in [-0.3, -0.25) is 4.79 Å². The number of rotatable bonds is 10. The molecule has 1 aromatic carbocycles. The van der Waals surface area contributed by atoms with Crippen molar-refractivity contribution in [3.63, 3.8) is 0 Å². The molecule has 0 aliphatic carbocycles. The maximum Gasteiger partial charge on any atom is 0.222 e. The van der Waals surface area contributed by atoms with Crippen molar-refractivity contribution in [3.05, 3.63) is 36.0 Å². The van der Waals surface area contributed by atoms with Crippen LogP contribution in [0.15, 0.2) is 30.5 Å². The number of nitrogens with one attached hydrogen (secondary N) is 1. The molecule has 3 rings (SSSR count). The summed E-state index contributed by atoms with van der Waals surface area (Å²) >= 11 is 0. The number of benzene rings is 1. The second kappa shape index (κ2) is 9.93. The van der Waals surface area contributed by atoms with Gasteiger partial charge >= 0.3 is 0 Å². The van der Waals surface area contributed by atoms with Gasteiger partial charge < -0.3 is 14.8 Å². The predicted molar refractivity (Wildman–Crippen MR) is 113 cm³/mol. The number of piperidine rings is 1. The van der Waals surface area contributed by atoms with Crippen LogP contribution in [-0.2, 0) is 11.2 Å². The van der Waals surface area contributed by atoms with Gasteiger partial charge in [-0.15, -0.1) is 0 Å². The van der Waals surface area contributed by atoms with Crippen LogP contribution in [-0.4, -0.2) is 52.9 Å². The summed E-state index contributed by atoms with van der Waals surface area (Å²) in [4.78, 5) is 19.9. The Balaban J connectivity index is 1.47. The Morgan fingerprint density at radius 3 is 2.89 bits per heavy atom. The molecule has 1 amide bonds. The number of H-pyrrole nitrogens is 1. The smallest absolute Gasteiger partial charge is 0.222 e. The van der Waals surface area contributed by atoms with E-state index >= 15 is 0 Å². The largest absolute Gasteiger partial charge is 0.361 e. The van der Waals surface area contributed by atoms with Gasteiger partial charge in [-0.1, -0.05) is 13.0 Å². The number of likely N-dealkylation sites (tertiary alicyclic amines) is 1. The third-order valence-electron chi connectivity index (χ3n) is 5.83. The van der Waals surface area contributed by atoms with Gasteiger partial charge in [0.2, 0.25) is 5.91 Å². The second-order valence-electron chi connectivity index (χ2n) is 8.03. The van der Waals surface area contributed by atoms with Gasteiger partial charge in [0.15, 0.2) is 0 Å². The molecule has 27 heavy (non-hydrogen) atoms. The van der Waals surface area contributed by atoms with E-state index in [1.54, 1.807) is 0 Å². The van der Waals surface area contributed by atoms with Crippen LogP contribution in [0.25, 0.3) is 10.9 Å². The summed E-state index contributed by atoms with van der Waals surface area (Å²) in [6, 6.07) is 9.44. The quantitative estimate of drug-likeness (QED) is 0.622. The highest BCUT2D eigenvalue weighted by molar-refractivity contribution is 5.79. The number of aromatic amines is 1. The molecule has 4 nitrogen and oxygen atoms in total. The van der Waals surface area contributed by atoms with E-state index in [1.807, 2.05) is 6.20 Å². The topological polar surface area (TPSA) is 39.3 Å². The molecule has 0 saturated carbocycles. The molecule has 1 aliphatic heterocycles. The van der Waals surface area contributed by atoms with E-state index in [0.717, 1.165) is 51.9 Å². The van der Waals surface area contributed by atoms with Crippen molar-refractivity contribution < 1.29 is 4.79 Å². The van der Waals surface area contributed by atoms with Crippen LogP contribution < -0.4 is 0 Å². The van der Waals surface area contributed by atoms with E-state index in [4.69, 9.17) is 0 Å². The Morgan fingerprint density at radius 2 is 2.07 bits per heavy atom. The molecule has 2 heterocycles. The Hall–Kier alpha value is -1.81. The average molecular weight is 370 g/mol. The Labute approximate surface area is 163 Å². The fourth-order valence-corrected chi connectivity index (χ4v) is 4.26. The van der Waals surface area contributed by atoms with E-state index in [1.165, 1.54) is 35.7 Å². The zero-order valence-electron chi connectivity index (χ0n) is 17.0. The fraction of sp³-hybridized carbons (Fsp3) is 0.609. The van der Waals surface area contributed by atoms with Crippen molar-refractivity contribution in [1.29, 1.82) is 0 Å². The van der Waals surface area contributed by atoms with Gasteiger partial charge in [0.25, 0.3) is 0 Å². The molecule has 1 aliphatic rings. The van der Waals surface area contributed by atoms with E-state index in [2.05, 4.69) is 52.9 Å².